The molecular formula is C18H22F3N3OS. The molecule has 3 rings (SSSR count). The molecule has 2 aromatic rings. The lowest BCUT2D eigenvalue weighted by molar-refractivity contribution is -0.137. The minimum Gasteiger partial charge on any atom is -0.342 e. The number of aromatic nitrogens is 2. The molecule has 8 heteroatoms. The van der Waals surface area contributed by atoms with Gasteiger partial charge in [0.15, 0.2) is 5.16 Å². The Kier molecular flexibility index (Phi) is 5.50. The quantitative estimate of drug-likeness (QED) is 0.708. The summed E-state index contributed by atoms with van der Waals surface area (Å²) in [6, 6.07) is 3.61. The molecule has 1 aliphatic heterocycles. The number of thioether (sulfide) groups is 1. The third kappa shape index (κ3) is 3.84. The van der Waals surface area contributed by atoms with Crippen LogP contribution in [0.3, 0.4) is 0 Å². The zero-order valence-corrected chi connectivity index (χ0v) is 15.7. The van der Waals surface area contributed by atoms with E-state index >= 15 is 0 Å². The van der Waals surface area contributed by atoms with Crippen molar-refractivity contribution in [3.05, 3.63) is 23.8 Å². The van der Waals surface area contributed by atoms with Gasteiger partial charge in [-0.25, -0.2) is 4.98 Å². The van der Waals surface area contributed by atoms with Crippen LogP contribution in [-0.4, -0.2) is 38.7 Å². The van der Waals surface area contributed by atoms with Gasteiger partial charge in [-0.3, -0.25) is 4.79 Å². The predicted octanol–water partition coefficient (Wildman–Crippen LogP) is 4.57. The fourth-order valence-corrected chi connectivity index (χ4v) is 4.24. The number of benzene rings is 1. The zero-order valence-electron chi connectivity index (χ0n) is 14.8. The second-order valence-electron chi connectivity index (χ2n) is 6.54. The molecule has 1 amide bonds. The van der Waals surface area contributed by atoms with E-state index in [9.17, 15) is 18.0 Å². The van der Waals surface area contributed by atoms with Crippen LogP contribution < -0.4 is 0 Å². The van der Waals surface area contributed by atoms with Crippen molar-refractivity contribution in [1.29, 1.82) is 0 Å². The Morgan fingerprint density at radius 1 is 1.31 bits per heavy atom. The number of halogens is 3. The summed E-state index contributed by atoms with van der Waals surface area (Å²) in [5.41, 5.74) is 0.305. The predicted molar refractivity (Wildman–Crippen MR) is 96.2 cm³/mol. The van der Waals surface area contributed by atoms with E-state index in [0.29, 0.717) is 22.7 Å². The van der Waals surface area contributed by atoms with Crippen molar-refractivity contribution in [2.45, 2.75) is 56.2 Å². The first-order chi connectivity index (χ1) is 12.3. The Balaban J connectivity index is 1.91. The number of alkyl halides is 3. The van der Waals surface area contributed by atoms with Crippen molar-refractivity contribution in [1.82, 2.24) is 14.5 Å². The number of likely N-dealkylation sites (tertiary alicyclic amines) is 1. The highest BCUT2D eigenvalue weighted by Crippen LogP contribution is 2.34. The van der Waals surface area contributed by atoms with E-state index in [2.05, 4.69) is 4.98 Å². The van der Waals surface area contributed by atoms with Crippen LogP contribution in [0.25, 0.3) is 11.0 Å². The number of carbonyl (C=O) groups is 1. The normalized spacial score (nSPS) is 16.4. The average molecular weight is 385 g/mol. The Labute approximate surface area is 154 Å². The second kappa shape index (κ2) is 7.50. The maximum atomic E-state index is 13.0. The highest BCUT2D eigenvalue weighted by Gasteiger charge is 2.31. The van der Waals surface area contributed by atoms with E-state index in [4.69, 9.17) is 0 Å². The van der Waals surface area contributed by atoms with Gasteiger partial charge in [0.1, 0.15) is 0 Å². The van der Waals surface area contributed by atoms with Gasteiger partial charge in [0.05, 0.1) is 21.8 Å². The van der Waals surface area contributed by atoms with E-state index in [1.165, 1.54) is 17.8 Å². The van der Waals surface area contributed by atoms with Crippen LogP contribution in [-0.2, 0) is 17.5 Å². The molecule has 142 valence electrons. The van der Waals surface area contributed by atoms with Crippen molar-refractivity contribution in [2.75, 3.05) is 13.1 Å². The monoisotopic (exact) mass is 385 g/mol. The van der Waals surface area contributed by atoms with Gasteiger partial charge in [0.25, 0.3) is 0 Å². The Morgan fingerprint density at radius 3 is 2.62 bits per heavy atom. The molecular weight excluding hydrogens is 363 g/mol. The maximum absolute atomic E-state index is 13.0. The van der Waals surface area contributed by atoms with Gasteiger partial charge in [0.2, 0.25) is 5.91 Å². The first kappa shape index (κ1) is 19.1. The average Bonchev–Trinajstić information content (AvgIpc) is 3.22. The molecule has 0 N–H and O–H groups in total. The topological polar surface area (TPSA) is 38.1 Å². The molecule has 0 aliphatic carbocycles. The number of rotatable bonds is 5. The highest BCUT2D eigenvalue weighted by atomic mass is 32.2. The van der Waals surface area contributed by atoms with Crippen LogP contribution in [0.5, 0.6) is 0 Å². The lowest BCUT2D eigenvalue weighted by Crippen LogP contribution is -2.34. The Bertz CT molecular complexity index is 797. The van der Waals surface area contributed by atoms with Crippen LogP contribution in [0.1, 0.15) is 38.7 Å². The van der Waals surface area contributed by atoms with E-state index in [1.807, 2.05) is 18.7 Å². The van der Waals surface area contributed by atoms with Crippen LogP contribution in [0.15, 0.2) is 23.4 Å². The lowest BCUT2D eigenvalue weighted by atomic mass is 10.2. The molecule has 1 aromatic carbocycles. The summed E-state index contributed by atoms with van der Waals surface area (Å²) in [6.07, 6.45) is -1.57. The third-order valence-electron chi connectivity index (χ3n) is 4.54. The molecule has 1 aromatic heterocycles. The number of nitrogens with zero attached hydrogens (tertiary/aromatic N) is 3. The highest BCUT2D eigenvalue weighted by molar-refractivity contribution is 8.00. The second-order valence-corrected chi connectivity index (χ2v) is 7.85. The van der Waals surface area contributed by atoms with Gasteiger partial charge in [-0.15, -0.1) is 0 Å². The SMILES string of the molecule is CCCn1c(S[C@H](C)C(=O)N2CCCC2)nc2ccc(C(F)(F)F)cc21. The molecule has 0 spiro atoms. The molecule has 2 heterocycles. The van der Waals surface area contributed by atoms with Gasteiger partial charge in [-0.2, -0.15) is 13.2 Å². The van der Waals surface area contributed by atoms with E-state index in [-0.39, 0.29) is 11.2 Å². The number of amides is 1. The minimum atomic E-state index is -4.39. The largest absolute Gasteiger partial charge is 0.416 e. The molecule has 0 bridgehead atoms. The fraction of sp³-hybridized carbons (Fsp3) is 0.556. The van der Waals surface area contributed by atoms with Crippen molar-refractivity contribution < 1.29 is 18.0 Å². The van der Waals surface area contributed by atoms with Crippen molar-refractivity contribution in [3.8, 4) is 0 Å². The maximum Gasteiger partial charge on any atom is 0.416 e. The molecule has 0 radical (unpaired) electrons. The van der Waals surface area contributed by atoms with E-state index in [0.717, 1.165) is 44.5 Å². The smallest absolute Gasteiger partial charge is 0.342 e. The summed E-state index contributed by atoms with van der Waals surface area (Å²) in [4.78, 5) is 18.9. The summed E-state index contributed by atoms with van der Waals surface area (Å²) < 4.78 is 40.9. The molecule has 1 saturated heterocycles. The number of carbonyl (C=O) groups excluding carboxylic acids is 1. The Morgan fingerprint density at radius 2 is 2.00 bits per heavy atom. The van der Waals surface area contributed by atoms with Crippen molar-refractivity contribution >= 4 is 28.7 Å². The van der Waals surface area contributed by atoms with Gasteiger partial charge in [0, 0.05) is 19.6 Å². The summed E-state index contributed by atoms with van der Waals surface area (Å²) >= 11 is 1.32. The first-order valence-corrected chi connectivity index (χ1v) is 9.72. The third-order valence-corrected chi connectivity index (χ3v) is 5.61. The van der Waals surface area contributed by atoms with Crippen LogP contribution in [0.4, 0.5) is 13.2 Å². The number of imidazole rings is 1. The van der Waals surface area contributed by atoms with E-state index < -0.39 is 11.7 Å². The van der Waals surface area contributed by atoms with Crippen LogP contribution in [0.2, 0.25) is 0 Å². The number of aryl methyl sites for hydroxylation is 1. The summed E-state index contributed by atoms with van der Waals surface area (Å²) in [5, 5.41) is 0.281. The number of fused-ring (bicyclic) bond motifs is 1. The molecule has 26 heavy (non-hydrogen) atoms. The van der Waals surface area contributed by atoms with Gasteiger partial charge < -0.3 is 9.47 Å². The molecule has 0 saturated carbocycles. The van der Waals surface area contributed by atoms with Gasteiger partial charge >= 0.3 is 6.18 Å². The number of hydrogen-bond acceptors (Lipinski definition) is 3. The lowest BCUT2D eigenvalue weighted by Gasteiger charge is -2.20. The van der Waals surface area contributed by atoms with E-state index in [1.54, 1.807) is 4.57 Å². The summed E-state index contributed by atoms with van der Waals surface area (Å²) in [7, 11) is 0. The van der Waals surface area contributed by atoms with Gasteiger partial charge in [-0.1, -0.05) is 18.7 Å². The zero-order chi connectivity index (χ0) is 18.9. The van der Waals surface area contributed by atoms with Crippen molar-refractivity contribution in [3.63, 3.8) is 0 Å². The molecule has 1 aliphatic rings. The number of hydrogen-bond donors (Lipinski definition) is 0. The minimum absolute atomic E-state index is 0.0681. The molecule has 0 unspecified atom stereocenters. The van der Waals surface area contributed by atoms with Crippen LogP contribution in [0, 0.1) is 0 Å². The molecule has 4 nitrogen and oxygen atoms in total. The first-order valence-electron chi connectivity index (χ1n) is 8.84. The Hall–Kier alpha value is -1.70. The van der Waals surface area contributed by atoms with Crippen LogP contribution >= 0.6 is 11.8 Å². The standard InChI is InChI=1S/C18H22F3N3OS/c1-3-8-24-15-11-13(18(19,20)21)6-7-14(15)22-17(24)26-12(2)16(25)23-9-4-5-10-23/h6-7,11-12H,3-5,8-10H2,1-2H3/t12-/m1/s1. The molecule has 1 atom stereocenters. The molecule has 1 fully saturated rings. The fourth-order valence-electron chi connectivity index (χ4n) is 3.21. The van der Waals surface area contributed by atoms with Crippen molar-refractivity contribution in [2.24, 2.45) is 0 Å². The summed E-state index contributed by atoms with van der Waals surface area (Å²) in [5.74, 6) is 0.0681. The van der Waals surface area contributed by atoms with Gasteiger partial charge in [-0.05, 0) is 44.4 Å². The summed E-state index contributed by atoms with van der Waals surface area (Å²) in [6.45, 7) is 5.92.